The van der Waals surface area contributed by atoms with Crippen LogP contribution >= 0.6 is 0 Å². The minimum Gasteiger partial charge on any atom is -0.494 e. The molecule has 0 spiro atoms. The van der Waals surface area contributed by atoms with Crippen LogP contribution in [-0.2, 0) is 0 Å². The zero-order valence-corrected chi connectivity index (χ0v) is 14.3. The van der Waals surface area contributed by atoms with Crippen molar-refractivity contribution >= 4 is 17.8 Å². The molecule has 1 amide bonds. The Balaban J connectivity index is 1.72. The molecular formula is C18H16FN5O3. The molecule has 3 rings (SSSR count). The van der Waals surface area contributed by atoms with Crippen LogP contribution in [0.2, 0.25) is 0 Å². The first-order valence-corrected chi connectivity index (χ1v) is 8.08. The number of amides is 1. The molecule has 2 N–H and O–H groups in total. The van der Waals surface area contributed by atoms with Crippen LogP contribution in [0.25, 0.3) is 0 Å². The number of hydrogen-bond acceptors (Lipinski definition) is 5. The van der Waals surface area contributed by atoms with Crippen molar-refractivity contribution in [3.8, 4) is 5.75 Å². The minimum atomic E-state index is -0.767. The highest BCUT2D eigenvalue weighted by Crippen LogP contribution is 2.11. The van der Waals surface area contributed by atoms with Crippen molar-refractivity contribution in [3.05, 3.63) is 76.0 Å². The largest absolute Gasteiger partial charge is 0.494 e. The van der Waals surface area contributed by atoms with E-state index < -0.39 is 17.3 Å². The number of aromatic amines is 1. The fourth-order valence-electron chi connectivity index (χ4n) is 2.21. The van der Waals surface area contributed by atoms with E-state index in [0.717, 1.165) is 22.2 Å². The summed E-state index contributed by atoms with van der Waals surface area (Å²) in [5.41, 5.74) is -0.174. The highest BCUT2D eigenvalue weighted by atomic mass is 19.1. The van der Waals surface area contributed by atoms with Crippen molar-refractivity contribution in [1.29, 1.82) is 0 Å². The molecule has 8 nitrogen and oxygen atoms in total. The second-order valence-electron chi connectivity index (χ2n) is 5.39. The molecule has 0 radical (unpaired) electrons. The van der Waals surface area contributed by atoms with Crippen LogP contribution in [0.3, 0.4) is 0 Å². The van der Waals surface area contributed by atoms with Gasteiger partial charge in [0.1, 0.15) is 11.6 Å². The van der Waals surface area contributed by atoms with Crippen molar-refractivity contribution in [3.63, 3.8) is 0 Å². The Bertz CT molecular complexity index is 1020. The first kappa shape index (κ1) is 18.1. The number of benzene rings is 2. The summed E-state index contributed by atoms with van der Waals surface area (Å²) in [5.74, 6) is -0.547. The maximum absolute atomic E-state index is 13.2. The quantitative estimate of drug-likeness (QED) is 0.651. The monoisotopic (exact) mass is 369 g/mol. The molecule has 0 unspecified atom stereocenters. The Kier molecular flexibility index (Phi) is 5.41. The van der Waals surface area contributed by atoms with E-state index in [-0.39, 0.29) is 11.4 Å². The second kappa shape index (κ2) is 8.09. The molecule has 1 aromatic heterocycles. The lowest BCUT2D eigenvalue weighted by Crippen LogP contribution is -2.23. The van der Waals surface area contributed by atoms with Crippen LogP contribution in [-0.4, -0.2) is 33.8 Å². The highest BCUT2D eigenvalue weighted by Gasteiger charge is 2.16. The number of halogens is 1. The highest BCUT2D eigenvalue weighted by molar-refractivity contribution is 6.02. The normalized spacial score (nSPS) is 10.9. The van der Waals surface area contributed by atoms with Crippen LogP contribution in [0.4, 0.5) is 10.1 Å². The molecule has 0 bridgehead atoms. The zero-order valence-electron chi connectivity index (χ0n) is 14.3. The van der Waals surface area contributed by atoms with Crippen molar-refractivity contribution in [2.75, 3.05) is 11.9 Å². The summed E-state index contributed by atoms with van der Waals surface area (Å²) in [6, 6.07) is 12.4. The van der Waals surface area contributed by atoms with E-state index in [1.54, 1.807) is 24.3 Å². The number of rotatable bonds is 6. The Labute approximate surface area is 153 Å². The van der Waals surface area contributed by atoms with E-state index >= 15 is 0 Å². The fraction of sp³-hybridized carbons (Fsp3) is 0.111. The maximum Gasteiger partial charge on any atom is 0.320 e. The summed E-state index contributed by atoms with van der Waals surface area (Å²) >= 11 is 0. The van der Waals surface area contributed by atoms with E-state index in [1.807, 2.05) is 6.92 Å². The topological polar surface area (TPSA) is 101 Å². The van der Waals surface area contributed by atoms with E-state index in [1.165, 1.54) is 24.4 Å². The molecule has 0 aliphatic carbocycles. The van der Waals surface area contributed by atoms with E-state index in [2.05, 4.69) is 20.7 Å². The van der Waals surface area contributed by atoms with Gasteiger partial charge in [0.05, 0.1) is 12.8 Å². The van der Waals surface area contributed by atoms with E-state index in [4.69, 9.17) is 4.74 Å². The maximum atomic E-state index is 13.2. The summed E-state index contributed by atoms with van der Waals surface area (Å²) in [4.78, 5) is 25.2. The third kappa shape index (κ3) is 4.46. The van der Waals surface area contributed by atoms with E-state index in [0.29, 0.717) is 6.61 Å². The third-order valence-electron chi connectivity index (χ3n) is 3.46. The van der Waals surface area contributed by atoms with Gasteiger partial charge < -0.3 is 10.1 Å². The molecule has 0 saturated heterocycles. The average molecular weight is 369 g/mol. The lowest BCUT2D eigenvalue weighted by molar-refractivity contribution is 0.102. The van der Waals surface area contributed by atoms with Crippen molar-refractivity contribution in [2.45, 2.75) is 6.92 Å². The molecule has 0 aliphatic rings. The predicted octanol–water partition coefficient (Wildman–Crippen LogP) is 2.24. The van der Waals surface area contributed by atoms with Gasteiger partial charge in [0.2, 0.25) is 5.69 Å². The third-order valence-corrected chi connectivity index (χ3v) is 3.46. The first-order valence-electron chi connectivity index (χ1n) is 8.08. The van der Waals surface area contributed by atoms with Gasteiger partial charge in [-0.15, -0.1) is 9.89 Å². The van der Waals surface area contributed by atoms with Gasteiger partial charge in [0, 0.05) is 5.69 Å². The summed E-state index contributed by atoms with van der Waals surface area (Å²) < 4.78 is 18.5. The first-order chi connectivity index (χ1) is 13.1. The molecule has 0 fully saturated rings. The van der Waals surface area contributed by atoms with Gasteiger partial charge in [-0.3, -0.25) is 9.59 Å². The number of nitrogens with one attached hydrogen (secondary N) is 2. The summed E-state index contributed by atoms with van der Waals surface area (Å²) in [5, 5.41) is 12.4. The minimum absolute atomic E-state index is 0.215. The average Bonchev–Trinajstić information content (AvgIpc) is 3.02. The van der Waals surface area contributed by atoms with Crippen molar-refractivity contribution < 1.29 is 13.9 Å². The summed E-state index contributed by atoms with van der Waals surface area (Å²) in [7, 11) is 0. The Morgan fingerprint density at radius 3 is 2.81 bits per heavy atom. The number of aromatic nitrogens is 3. The molecule has 0 saturated carbocycles. The lowest BCUT2D eigenvalue weighted by atomic mass is 10.2. The number of anilines is 1. The molecule has 3 aromatic rings. The van der Waals surface area contributed by atoms with Gasteiger partial charge in [-0.2, -0.15) is 10.3 Å². The van der Waals surface area contributed by atoms with Crippen molar-refractivity contribution in [1.82, 2.24) is 15.1 Å². The van der Waals surface area contributed by atoms with E-state index in [9.17, 15) is 14.0 Å². The molecule has 27 heavy (non-hydrogen) atoms. The lowest BCUT2D eigenvalue weighted by Gasteiger charge is -2.02. The number of carbonyl (C=O) groups is 1. The molecular weight excluding hydrogens is 353 g/mol. The van der Waals surface area contributed by atoms with Gasteiger partial charge in [0.15, 0.2) is 0 Å². The van der Waals surface area contributed by atoms with Crippen LogP contribution in [0.5, 0.6) is 5.75 Å². The predicted molar refractivity (Wildman–Crippen MR) is 97.8 cm³/mol. The van der Waals surface area contributed by atoms with Crippen LogP contribution in [0.15, 0.2) is 58.4 Å². The van der Waals surface area contributed by atoms with Gasteiger partial charge in [0.25, 0.3) is 5.91 Å². The number of ether oxygens (including phenoxy) is 1. The Morgan fingerprint density at radius 1 is 1.33 bits per heavy atom. The smallest absolute Gasteiger partial charge is 0.320 e. The number of hydrogen-bond donors (Lipinski definition) is 2. The van der Waals surface area contributed by atoms with Crippen LogP contribution in [0.1, 0.15) is 23.0 Å². The van der Waals surface area contributed by atoms with Gasteiger partial charge >= 0.3 is 5.56 Å². The van der Waals surface area contributed by atoms with Gasteiger partial charge in [-0.25, -0.2) is 4.39 Å². The summed E-state index contributed by atoms with van der Waals surface area (Å²) in [6.07, 6.45) is 1.43. The zero-order chi connectivity index (χ0) is 19.2. The van der Waals surface area contributed by atoms with Crippen molar-refractivity contribution in [2.24, 2.45) is 5.10 Å². The number of H-pyrrole nitrogens is 1. The van der Waals surface area contributed by atoms with Crippen LogP contribution < -0.4 is 15.6 Å². The standard InChI is InChI=1S/C18H16FN5O3/c1-2-27-15-8-6-12(7-9-15)11-20-24-18(26)16(22-23-24)17(25)21-14-5-3-4-13(19)10-14/h3-11,23H,2H2,1H3,(H,21,25). The van der Waals surface area contributed by atoms with Gasteiger partial charge in [-0.05, 0) is 55.0 Å². The second-order valence-corrected chi connectivity index (χ2v) is 5.39. The molecule has 0 atom stereocenters. The molecule has 2 aromatic carbocycles. The molecule has 9 heteroatoms. The SMILES string of the molecule is CCOc1ccc(C=Nn2[nH]nc(C(=O)Nc3cccc(F)c3)c2=O)cc1. The fourth-order valence-corrected chi connectivity index (χ4v) is 2.21. The molecule has 0 aliphatic heterocycles. The number of carbonyl (C=O) groups excluding carboxylic acids is 1. The molecule has 1 heterocycles. The van der Waals surface area contributed by atoms with Gasteiger partial charge in [-0.1, -0.05) is 6.07 Å². The summed E-state index contributed by atoms with van der Waals surface area (Å²) in [6.45, 7) is 2.46. The number of nitrogens with zero attached hydrogens (tertiary/aromatic N) is 3. The molecule has 138 valence electrons. The Morgan fingerprint density at radius 2 is 2.11 bits per heavy atom. The Hall–Kier alpha value is -3.75. The van der Waals surface area contributed by atoms with Crippen LogP contribution in [0, 0.1) is 5.82 Å².